The number of alkyl halides is 2. The molecule has 0 bridgehead atoms. The van der Waals surface area contributed by atoms with Crippen molar-refractivity contribution in [3.8, 4) is 0 Å². The molecule has 4 aliphatic rings. The Morgan fingerprint density at radius 1 is 1.15 bits per heavy atom. The van der Waals surface area contributed by atoms with Gasteiger partial charge in [-0.25, -0.2) is 27.7 Å². The van der Waals surface area contributed by atoms with Crippen molar-refractivity contribution in [3.05, 3.63) is 41.1 Å². The molecule has 1 saturated heterocycles. The van der Waals surface area contributed by atoms with Crippen LogP contribution < -0.4 is 10.6 Å². The Hall–Kier alpha value is -3.64. The summed E-state index contributed by atoms with van der Waals surface area (Å²) in [6.45, 7) is 2.31. The molecule has 0 spiro atoms. The maximum Gasteiger partial charge on any atom is 0.318 e. The van der Waals surface area contributed by atoms with E-state index in [1.54, 1.807) is 23.8 Å². The zero-order valence-electron chi connectivity index (χ0n) is 22.2. The van der Waals surface area contributed by atoms with Crippen LogP contribution in [0, 0.1) is 24.7 Å². The van der Waals surface area contributed by atoms with Crippen LogP contribution in [-0.2, 0) is 0 Å². The molecule has 0 aromatic carbocycles. The van der Waals surface area contributed by atoms with Gasteiger partial charge in [0.05, 0.1) is 36.2 Å². The number of nitrogens with one attached hydrogen (secondary N) is 2. The summed E-state index contributed by atoms with van der Waals surface area (Å²) in [5, 5.41) is 18.1. The number of nitrogens with zero attached hydrogens (tertiary/aromatic N) is 6. The minimum atomic E-state index is -2.70. The summed E-state index contributed by atoms with van der Waals surface area (Å²) in [6, 6.07) is 1.45. The van der Waals surface area contributed by atoms with Crippen LogP contribution in [0.15, 0.2) is 23.1 Å². The highest BCUT2D eigenvalue weighted by Crippen LogP contribution is 2.47. The second-order valence-corrected chi connectivity index (χ2v) is 11.9. The van der Waals surface area contributed by atoms with E-state index in [1.165, 1.54) is 12.8 Å². The molecule has 7 rings (SSSR count). The van der Waals surface area contributed by atoms with Crippen LogP contribution in [0.4, 0.5) is 13.6 Å². The minimum absolute atomic E-state index is 0.0211. The molecule has 3 amide bonds. The SMILES string of the molecule is Cc1nonc1C(=O)NC(c1cn2ncc(C(C3CC3)N3CC(C4CC4)NC3=O)cc2n1)C1CCC(F)(F)CC1. The van der Waals surface area contributed by atoms with Gasteiger partial charge in [-0.1, -0.05) is 5.16 Å². The van der Waals surface area contributed by atoms with E-state index >= 15 is 0 Å². The first kappa shape index (κ1) is 25.3. The molecule has 212 valence electrons. The average Bonchev–Trinajstić information content (AvgIpc) is 3.83. The maximum atomic E-state index is 14.0. The molecule has 4 heterocycles. The van der Waals surface area contributed by atoms with Gasteiger partial charge in [0.2, 0.25) is 5.92 Å². The molecule has 40 heavy (non-hydrogen) atoms. The zero-order valence-corrected chi connectivity index (χ0v) is 22.2. The van der Waals surface area contributed by atoms with Crippen molar-refractivity contribution in [2.45, 2.75) is 82.3 Å². The van der Waals surface area contributed by atoms with Crippen LogP contribution in [0.25, 0.3) is 5.65 Å². The number of hydrogen-bond acceptors (Lipinski definition) is 7. The Bertz CT molecular complexity index is 1440. The number of urea groups is 1. The molecule has 2 N–H and O–H groups in total. The number of fused-ring (bicyclic) bond motifs is 1. The van der Waals surface area contributed by atoms with E-state index in [2.05, 4.69) is 30.7 Å². The summed E-state index contributed by atoms with van der Waals surface area (Å²) >= 11 is 0. The summed E-state index contributed by atoms with van der Waals surface area (Å²) in [4.78, 5) is 32.8. The number of amides is 3. The molecular formula is C27H32F2N8O3. The Morgan fingerprint density at radius 2 is 1.93 bits per heavy atom. The molecule has 3 aliphatic carbocycles. The largest absolute Gasteiger partial charge is 0.342 e. The number of aryl methyl sites for hydroxylation is 1. The molecule has 3 saturated carbocycles. The zero-order chi connectivity index (χ0) is 27.6. The van der Waals surface area contributed by atoms with E-state index in [-0.39, 0.29) is 55.4 Å². The third-order valence-electron chi connectivity index (χ3n) is 8.97. The van der Waals surface area contributed by atoms with Crippen LogP contribution in [-0.4, -0.2) is 60.3 Å². The van der Waals surface area contributed by atoms with E-state index in [9.17, 15) is 18.4 Å². The summed E-state index contributed by atoms with van der Waals surface area (Å²) in [6.07, 6.45) is 7.99. The van der Waals surface area contributed by atoms with Crippen LogP contribution in [0.5, 0.6) is 0 Å². The van der Waals surface area contributed by atoms with Gasteiger partial charge in [-0.15, -0.1) is 0 Å². The van der Waals surface area contributed by atoms with Crippen molar-refractivity contribution in [1.29, 1.82) is 0 Å². The minimum Gasteiger partial charge on any atom is -0.342 e. The first-order valence-electron chi connectivity index (χ1n) is 14.2. The van der Waals surface area contributed by atoms with Crippen LogP contribution in [0.3, 0.4) is 0 Å². The highest BCUT2D eigenvalue weighted by Gasteiger charge is 2.46. The van der Waals surface area contributed by atoms with E-state index in [1.807, 2.05) is 11.0 Å². The maximum absolute atomic E-state index is 14.0. The lowest BCUT2D eigenvalue weighted by Crippen LogP contribution is -2.37. The number of carbonyl (C=O) groups is 2. The molecule has 3 atom stereocenters. The highest BCUT2D eigenvalue weighted by molar-refractivity contribution is 5.93. The van der Waals surface area contributed by atoms with Gasteiger partial charge in [0.15, 0.2) is 11.3 Å². The van der Waals surface area contributed by atoms with E-state index in [0.29, 0.717) is 35.4 Å². The fourth-order valence-electron chi connectivity index (χ4n) is 6.40. The molecule has 3 unspecified atom stereocenters. The van der Waals surface area contributed by atoms with Crippen molar-refractivity contribution < 1.29 is 23.0 Å². The lowest BCUT2D eigenvalue weighted by molar-refractivity contribution is -0.0495. The van der Waals surface area contributed by atoms with Crippen LogP contribution >= 0.6 is 0 Å². The number of halogens is 2. The Balaban J connectivity index is 1.18. The normalized spacial score (nSPS) is 24.7. The van der Waals surface area contributed by atoms with E-state index in [0.717, 1.165) is 18.4 Å². The smallest absolute Gasteiger partial charge is 0.318 e. The second-order valence-electron chi connectivity index (χ2n) is 11.9. The summed E-state index contributed by atoms with van der Waals surface area (Å²) in [5.74, 6) is -2.47. The lowest BCUT2D eigenvalue weighted by atomic mass is 9.81. The molecule has 4 fully saturated rings. The predicted octanol–water partition coefficient (Wildman–Crippen LogP) is 3.97. The molecular weight excluding hydrogens is 522 g/mol. The second kappa shape index (κ2) is 9.48. The molecule has 0 radical (unpaired) electrons. The topological polar surface area (TPSA) is 131 Å². The molecule has 3 aromatic heterocycles. The van der Waals surface area contributed by atoms with Crippen LogP contribution in [0.2, 0.25) is 0 Å². The average molecular weight is 555 g/mol. The van der Waals surface area contributed by atoms with Gasteiger partial charge in [-0.2, -0.15) is 5.10 Å². The number of hydrogen-bond donors (Lipinski definition) is 2. The van der Waals surface area contributed by atoms with Gasteiger partial charge in [-0.3, -0.25) is 4.79 Å². The number of rotatable bonds is 8. The fourth-order valence-corrected chi connectivity index (χ4v) is 6.40. The van der Waals surface area contributed by atoms with E-state index < -0.39 is 17.9 Å². The monoisotopic (exact) mass is 554 g/mol. The third-order valence-corrected chi connectivity index (χ3v) is 8.97. The Kier molecular flexibility index (Phi) is 6.00. The van der Waals surface area contributed by atoms with Crippen molar-refractivity contribution in [1.82, 2.24) is 40.4 Å². The summed E-state index contributed by atoms with van der Waals surface area (Å²) < 4.78 is 34.3. The highest BCUT2D eigenvalue weighted by atomic mass is 19.3. The van der Waals surface area contributed by atoms with Crippen LogP contribution in [0.1, 0.15) is 90.9 Å². The quantitative estimate of drug-likeness (QED) is 0.431. The van der Waals surface area contributed by atoms with Crippen molar-refractivity contribution in [3.63, 3.8) is 0 Å². The molecule has 3 aromatic rings. The summed E-state index contributed by atoms with van der Waals surface area (Å²) in [5.41, 5.74) is 2.44. The van der Waals surface area contributed by atoms with Gasteiger partial charge in [-0.05, 0) is 80.0 Å². The van der Waals surface area contributed by atoms with Gasteiger partial charge < -0.3 is 15.5 Å². The standard InChI is InChI=1S/C27H32F2N8O3/c1-14-22(35-40-34-14)25(38)33-23(16-6-8-27(28,29)9-7-16)20-13-37-21(31-20)10-18(11-30-37)24(17-4-5-17)36-12-19(15-2-3-15)32-26(36)39/h10-11,13,15-17,19,23-24H,2-9,12H2,1H3,(H,32,39)(H,33,38). The fraction of sp³-hybridized carbons (Fsp3) is 0.630. The van der Waals surface area contributed by atoms with Gasteiger partial charge in [0, 0.05) is 19.4 Å². The first-order chi connectivity index (χ1) is 19.3. The lowest BCUT2D eigenvalue weighted by Gasteiger charge is -2.33. The van der Waals surface area contributed by atoms with Gasteiger partial charge >= 0.3 is 6.03 Å². The first-order valence-corrected chi connectivity index (χ1v) is 14.2. The molecule has 11 nitrogen and oxygen atoms in total. The van der Waals surface area contributed by atoms with E-state index in [4.69, 9.17) is 4.98 Å². The van der Waals surface area contributed by atoms with Crippen molar-refractivity contribution in [2.24, 2.45) is 17.8 Å². The number of carbonyl (C=O) groups excluding carboxylic acids is 2. The van der Waals surface area contributed by atoms with Gasteiger partial charge in [0.1, 0.15) is 5.69 Å². The van der Waals surface area contributed by atoms with Gasteiger partial charge in [0.25, 0.3) is 5.91 Å². The Morgan fingerprint density at radius 3 is 2.60 bits per heavy atom. The summed E-state index contributed by atoms with van der Waals surface area (Å²) in [7, 11) is 0. The Labute approximate surface area is 229 Å². The predicted molar refractivity (Wildman–Crippen MR) is 136 cm³/mol. The van der Waals surface area contributed by atoms with Crippen molar-refractivity contribution in [2.75, 3.05) is 6.54 Å². The molecule has 1 aliphatic heterocycles. The van der Waals surface area contributed by atoms with Crippen molar-refractivity contribution >= 4 is 17.6 Å². The number of aromatic nitrogens is 5. The molecule has 13 heteroatoms. The number of imidazole rings is 1. The third kappa shape index (κ3) is 4.79.